The van der Waals surface area contributed by atoms with E-state index in [1.165, 1.54) is 12.1 Å². The highest BCUT2D eigenvalue weighted by Gasteiger charge is 2.30. The molecule has 0 radical (unpaired) electrons. The molecule has 2 heterocycles. The fourth-order valence-corrected chi connectivity index (χ4v) is 3.54. The number of carbonyl (C=O) groups excluding carboxylic acids is 2. The maximum atomic E-state index is 13.7. The number of hydrogen-bond acceptors (Lipinski definition) is 3. The van der Waals surface area contributed by atoms with E-state index in [-0.39, 0.29) is 27.0 Å². The zero-order valence-electron chi connectivity index (χ0n) is 15.2. The number of aromatic nitrogens is 1. The van der Waals surface area contributed by atoms with E-state index in [2.05, 4.69) is 4.98 Å². The van der Waals surface area contributed by atoms with E-state index in [9.17, 15) is 14.0 Å². The van der Waals surface area contributed by atoms with Gasteiger partial charge in [-0.1, -0.05) is 23.2 Å². The van der Waals surface area contributed by atoms with Gasteiger partial charge in [0.1, 0.15) is 17.1 Å². The Hall–Kier alpha value is -1.99. The summed E-state index contributed by atoms with van der Waals surface area (Å²) < 4.78 is 19.0. The molecule has 2 amide bonds. The smallest absolute Gasteiger partial charge is 0.410 e. The molecule has 0 spiro atoms. The fraction of sp³-hybridized carbons (Fsp3) is 0.444. The highest BCUT2D eigenvalue weighted by molar-refractivity contribution is 6.44. The molecule has 3 rings (SSSR count). The standard InChI is InChI=1S/C18H20Cl2FN3O3/c1-18(2,3)27-17(26)24-8-6-23(7-9-24)16(25)15-14(20)12-11(22-15)5-4-10(21)13(12)19/h4-5,22H,6-9H2,1-3H3. The van der Waals surface area contributed by atoms with Crippen LogP contribution < -0.4 is 0 Å². The van der Waals surface area contributed by atoms with Gasteiger partial charge in [-0.15, -0.1) is 0 Å². The molecule has 0 atom stereocenters. The van der Waals surface area contributed by atoms with Crippen molar-refractivity contribution in [2.45, 2.75) is 26.4 Å². The van der Waals surface area contributed by atoms with Crippen LogP contribution in [0, 0.1) is 5.82 Å². The lowest BCUT2D eigenvalue weighted by Gasteiger charge is -2.35. The van der Waals surface area contributed by atoms with Gasteiger partial charge in [-0.25, -0.2) is 9.18 Å². The lowest BCUT2D eigenvalue weighted by Crippen LogP contribution is -2.51. The minimum Gasteiger partial charge on any atom is -0.444 e. The first-order valence-electron chi connectivity index (χ1n) is 8.51. The molecular formula is C18H20Cl2FN3O3. The Bertz CT molecular complexity index is 899. The summed E-state index contributed by atoms with van der Waals surface area (Å²) in [6, 6.07) is 2.70. The number of amides is 2. The van der Waals surface area contributed by atoms with Crippen LogP contribution in [-0.4, -0.2) is 58.6 Å². The molecule has 146 valence electrons. The number of aromatic amines is 1. The Kier molecular flexibility index (Phi) is 5.27. The number of halogens is 3. The van der Waals surface area contributed by atoms with Crippen molar-refractivity contribution < 1.29 is 18.7 Å². The topological polar surface area (TPSA) is 65.6 Å². The highest BCUT2D eigenvalue weighted by Crippen LogP contribution is 2.35. The molecule has 1 aliphatic heterocycles. The second-order valence-electron chi connectivity index (χ2n) is 7.36. The highest BCUT2D eigenvalue weighted by atomic mass is 35.5. The summed E-state index contributed by atoms with van der Waals surface area (Å²) in [5.41, 5.74) is 0.0724. The number of H-pyrrole nitrogens is 1. The summed E-state index contributed by atoms with van der Waals surface area (Å²) >= 11 is 12.3. The predicted octanol–water partition coefficient (Wildman–Crippen LogP) is 4.31. The molecule has 1 N–H and O–H groups in total. The maximum Gasteiger partial charge on any atom is 0.410 e. The van der Waals surface area contributed by atoms with Crippen molar-refractivity contribution in [3.05, 3.63) is 33.7 Å². The number of rotatable bonds is 1. The van der Waals surface area contributed by atoms with E-state index in [1.807, 2.05) is 0 Å². The number of ether oxygens (including phenoxy) is 1. The lowest BCUT2D eigenvalue weighted by atomic mass is 10.2. The zero-order chi connectivity index (χ0) is 19.9. The monoisotopic (exact) mass is 415 g/mol. The summed E-state index contributed by atoms with van der Waals surface area (Å²) in [5, 5.41) is 0.255. The summed E-state index contributed by atoms with van der Waals surface area (Å²) in [4.78, 5) is 31.0. The van der Waals surface area contributed by atoms with Crippen LogP contribution in [0.5, 0.6) is 0 Å². The number of hydrogen-bond donors (Lipinski definition) is 1. The van der Waals surface area contributed by atoms with Crippen molar-refractivity contribution >= 4 is 46.1 Å². The molecule has 1 aliphatic rings. The average molecular weight is 416 g/mol. The Labute approximate surface area is 166 Å². The van der Waals surface area contributed by atoms with Crippen molar-refractivity contribution in [2.75, 3.05) is 26.2 Å². The molecule has 1 saturated heterocycles. The molecule has 2 aromatic rings. The van der Waals surface area contributed by atoms with Gasteiger partial charge in [-0.2, -0.15) is 0 Å². The molecule has 1 aromatic carbocycles. The van der Waals surface area contributed by atoms with E-state index in [0.717, 1.165) is 0 Å². The molecule has 0 unspecified atom stereocenters. The molecule has 1 fully saturated rings. The lowest BCUT2D eigenvalue weighted by molar-refractivity contribution is 0.0140. The van der Waals surface area contributed by atoms with Gasteiger partial charge in [-0.3, -0.25) is 4.79 Å². The van der Waals surface area contributed by atoms with Crippen molar-refractivity contribution in [3.8, 4) is 0 Å². The van der Waals surface area contributed by atoms with Crippen LogP contribution in [0.3, 0.4) is 0 Å². The number of benzene rings is 1. The van der Waals surface area contributed by atoms with Crippen molar-refractivity contribution in [3.63, 3.8) is 0 Å². The van der Waals surface area contributed by atoms with Crippen LogP contribution in [0.2, 0.25) is 10.0 Å². The first kappa shape index (κ1) is 19.8. The molecule has 0 saturated carbocycles. The normalized spacial score (nSPS) is 15.3. The summed E-state index contributed by atoms with van der Waals surface area (Å²) in [5.74, 6) is -0.924. The average Bonchev–Trinajstić information content (AvgIpc) is 2.93. The molecule has 0 bridgehead atoms. The third-order valence-electron chi connectivity index (χ3n) is 4.23. The van der Waals surface area contributed by atoms with Crippen LogP contribution in [0.15, 0.2) is 12.1 Å². The van der Waals surface area contributed by atoms with Crippen LogP contribution in [0.1, 0.15) is 31.3 Å². The third kappa shape index (κ3) is 3.99. The van der Waals surface area contributed by atoms with Gasteiger partial charge in [0.2, 0.25) is 0 Å². The second kappa shape index (κ2) is 7.20. The van der Waals surface area contributed by atoms with Crippen molar-refractivity contribution in [2.24, 2.45) is 0 Å². The number of nitrogens with zero attached hydrogens (tertiary/aromatic N) is 2. The SMILES string of the molecule is CC(C)(C)OC(=O)N1CCN(C(=O)c2[nH]c3ccc(F)c(Cl)c3c2Cl)CC1. The minimum absolute atomic E-state index is 0.0917. The minimum atomic E-state index is -0.602. The Morgan fingerprint density at radius 2 is 1.67 bits per heavy atom. The van der Waals surface area contributed by atoms with Gasteiger partial charge in [0.15, 0.2) is 0 Å². The van der Waals surface area contributed by atoms with Crippen LogP contribution in [0.4, 0.5) is 9.18 Å². The molecule has 6 nitrogen and oxygen atoms in total. The van der Waals surface area contributed by atoms with Gasteiger partial charge in [0.05, 0.1) is 10.0 Å². The molecule has 1 aromatic heterocycles. The third-order valence-corrected chi connectivity index (χ3v) is 4.97. The fourth-order valence-electron chi connectivity index (χ4n) is 2.91. The number of nitrogens with one attached hydrogen (secondary N) is 1. The van der Waals surface area contributed by atoms with E-state index in [1.54, 1.807) is 30.6 Å². The van der Waals surface area contributed by atoms with E-state index in [0.29, 0.717) is 31.7 Å². The van der Waals surface area contributed by atoms with Gasteiger partial charge < -0.3 is 19.5 Å². The van der Waals surface area contributed by atoms with Crippen LogP contribution in [0.25, 0.3) is 10.9 Å². The largest absolute Gasteiger partial charge is 0.444 e. The van der Waals surface area contributed by atoms with Gasteiger partial charge in [0.25, 0.3) is 5.91 Å². The van der Waals surface area contributed by atoms with Crippen LogP contribution in [-0.2, 0) is 4.74 Å². The van der Waals surface area contributed by atoms with Gasteiger partial charge >= 0.3 is 6.09 Å². The molecular weight excluding hydrogens is 396 g/mol. The van der Waals surface area contributed by atoms with E-state index < -0.39 is 17.5 Å². The summed E-state index contributed by atoms with van der Waals surface area (Å²) in [6.07, 6.45) is -0.402. The summed E-state index contributed by atoms with van der Waals surface area (Å²) in [7, 11) is 0. The zero-order valence-corrected chi connectivity index (χ0v) is 16.7. The van der Waals surface area contributed by atoms with E-state index in [4.69, 9.17) is 27.9 Å². The van der Waals surface area contributed by atoms with Gasteiger partial charge in [0, 0.05) is 37.1 Å². The van der Waals surface area contributed by atoms with Crippen molar-refractivity contribution in [1.82, 2.24) is 14.8 Å². The van der Waals surface area contributed by atoms with Crippen LogP contribution >= 0.6 is 23.2 Å². The van der Waals surface area contributed by atoms with Gasteiger partial charge in [-0.05, 0) is 32.9 Å². The quantitative estimate of drug-likeness (QED) is 0.754. The Balaban J connectivity index is 1.73. The molecule has 9 heteroatoms. The number of piperazine rings is 1. The Morgan fingerprint density at radius 3 is 2.26 bits per heavy atom. The number of fused-ring (bicyclic) bond motifs is 1. The first-order chi connectivity index (χ1) is 12.6. The maximum absolute atomic E-state index is 13.7. The molecule has 27 heavy (non-hydrogen) atoms. The first-order valence-corrected chi connectivity index (χ1v) is 9.26. The second-order valence-corrected chi connectivity index (χ2v) is 8.11. The predicted molar refractivity (Wildman–Crippen MR) is 102 cm³/mol. The molecule has 0 aliphatic carbocycles. The van der Waals surface area contributed by atoms with E-state index >= 15 is 0 Å². The summed E-state index contributed by atoms with van der Waals surface area (Å²) in [6.45, 7) is 6.79. The van der Waals surface area contributed by atoms with Crippen molar-refractivity contribution in [1.29, 1.82) is 0 Å². The Morgan fingerprint density at radius 1 is 1.07 bits per heavy atom. The number of carbonyl (C=O) groups is 2.